The Morgan fingerprint density at radius 1 is 1.10 bits per heavy atom. The smallest absolute Gasteiger partial charge is 0.240 e. The van der Waals surface area contributed by atoms with Gasteiger partial charge in [0.25, 0.3) is 0 Å². The molecule has 1 aliphatic carbocycles. The number of aromatic amines is 1. The van der Waals surface area contributed by atoms with Crippen LogP contribution in [0.25, 0.3) is 10.9 Å². The molecule has 152 valence electrons. The number of Topliss-reactive ketones (excluding diaryl/α,β-unsaturated/α-hetero) is 1. The minimum Gasteiger partial charge on any atom is -0.358 e. The summed E-state index contributed by atoms with van der Waals surface area (Å²) in [5.74, 6) is 0.147. The number of aromatic nitrogens is 1. The van der Waals surface area contributed by atoms with Gasteiger partial charge >= 0.3 is 0 Å². The van der Waals surface area contributed by atoms with Gasteiger partial charge in [0, 0.05) is 35.1 Å². The van der Waals surface area contributed by atoms with Crippen LogP contribution in [0, 0.1) is 0 Å². The van der Waals surface area contributed by atoms with Gasteiger partial charge in [0.1, 0.15) is 0 Å². The van der Waals surface area contributed by atoms with Crippen molar-refractivity contribution in [3.05, 3.63) is 64.8 Å². The number of H-pyrrole nitrogens is 1. The van der Waals surface area contributed by atoms with Gasteiger partial charge in [-0.05, 0) is 55.4 Å². The Morgan fingerprint density at radius 2 is 1.90 bits per heavy atom. The average molecular weight is 411 g/mol. The summed E-state index contributed by atoms with van der Waals surface area (Å²) < 4.78 is 28.7. The van der Waals surface area contributed by atoms with Gasteiger partial charge in [0.15, 0.2) is 5.78 Å². The first-order valence-corrected chi connectivity index (χ1v) is 11.7. The number of fused-ring (bicyclic) bond motifs is 3. The second kappa shape index (κ2) is 8.13. The van der Waals surface area contributed by atoms with E-state index in [1.165, 1.54) is 5.56 Å². The van der Waals surface area contributed by atoms with Crippen LogP contribution in [0.4, 0.5) is 0 Å². The zero-order chi connectivity index (χ0) is 20.4. The van der Waals surface area contributed by atoms with Crippen LogP contribution >= 0.6 is 0 Å². The molecule has 0 aliphatic heterocycles. The predicted octanol–water partition coefficient (Wildman–Crippen LogP) is 4.16. The van der Waals surface area contributed by atoms with Crippen LogP contribution < -0.4 is 4.72 Å². The fourth-order valence-corrected chi connectivity index (χ4v) is 5.52. The van der Waals surface area contributed by atoms with Crippen molar-refractivity contribution in [2.45, 2.75) is 50.3 Å². The Bertz CT molecular complexity index is 1150. The molecule has 0 saturated carbocycles. The van der Waals surface area contributed by atoms with Crippen molar-refractivity contribution in [2.75, 3.05) is 6.54 Å². The highest BCUT2D eigenvalue weighted by Gasteiger charge is 2.25. The molecular formula is C23H26N2O3S. The Hall–Kier alpha value is -2.44. The predicted molar refractivity (Wildman–Crippen MR) is 115 cm³/mol. The van der Waals surface area contributed by atoms with Gasteiger partial charge in [-0.1, -0.05) is 37.3 Å². The highest BCUT2D eigenvalue weighted by atomic mass is 32.2. The van der Waals surface area contributed by atoms with Crippen molar-refractivity contribution < 1.29 is 13.2 Å². The second-order valence-electron chi connectivity index (χ2n) is 7.60. The van der Waals surface area contributed by atoms with E-state index >= 15 is 0 Å². The Kier molecular flexibility index (Phi) is 5.56. The van der Waals surface area contributed by atoms with Crippen molar-refractivity contribution in [1.29, 1.82) is 0 Å². The van der Waals surface area contributed by atoms with E-state index in [9.17, 15) is 13.2 Å². The number of benzene rings is 2. The molecule has 1 aliphatic rings. The number of carbonyl (C=O) groups excluding carboxylic acids is 1. The highest BCUT2D eigenvalue weighted by molar-refractivity contribution is 7.89. The standard InChI is InChI=1S/C23H26N2O3S/c1-2-17-14-18-20(25-19-11-6-12-21(26)23(18)19)15-22(17)29(27,28)24-13-7-10-16-8-4-3-5-9-16/h3-5,8-9,14-15,24-25H,2,6-7,10-13H2,1H3. The topological polar surface area (TPSA) is 79.0 Å². The maximum absolute atomic E-state index is 13.0. The zero-order valence-corrected chi connectivity index (χ0v) is 17.4. The van der Waals surface area contributed by atoms with Crippen LogP contribution in [0.5, 0.6) is 0 Å². The number of ketones is 1. The largest absolute Gasteiger partial charge is 0.358 e. The lowest BCUT2D eigenvalue weighted by Crippen LogP contribution is -2.26. The Morgan fingerprint density at radius 3 is 2.66 bits per heavy atom. The molecule has 0 saturated heterocycles. The number of carbonyl (C=O) groups is 1. The minimum absolute atomic E-state index is 0.147. The fourth-order valence-electron chi connectivity index (χ4n) is 4.13. The zero-order valence-electron chi connectivity index (χ0n) is 16.6. The Labute approximate surface area is 171 Å². The van der Waals surface area contributed by atoms with Gasteiger partial charge in [0.05, 0.1) is 4.90 Å². The molecule has 0 radical (unpaired) electrons. The van der Waals surface area contributed by atoms with Crippen LogP contribution in [0.2, 0.25) is 0 Å². The highest BCUT2D eigenvalue weighted by Crippen LogP contribution is 2.32. The average Bonchev–Trinajstić information content (AvgIpc) is 3.10. The van der Waals surface area contributed by atoms with Crippen molar-refractivity contribution in [2.24, 2.45) is 0 Å². The van der Waals surface area contributed by atoms with E-state index in [1.807, 2.05) is 43.3 Å². The number of sulfonamides is 1. The summed E-state index contributed by atoms with van der Waals surface area (Å²) in [7, 11) is -3.62. The van der Waals surface area contributed by atoms with E-state index in [1.54, 1.807) is 6.07 Å². The van der Waals surface area contributed by atoms with E-state index in [0.29, 0.717) is 24.3 Å². The first-order chi connectivity index (χ1) is 14.0. The molecule has 5 nitrogen and oxygen atoms in total. The quantitative estimate of drug-likeness (QED) is 0.574. The van der Waals surface area contributed by atoms with Crippen molar-refractivity contribution >= 4 is 26.7 Å². The van der Waals surface area contributed by atoms with E-state index in [2.05, 4.69) is 9.71 Å². The molecule has 1 heterocycles. The normalized spacial score (nSPS) is 14.3. The number of nitrogens with one attached hydrogen (secondary N) is 2. The maximum atomic E-state index is 13.0. The van der Waals surface area contributed by atoms with Crippen LogP contribution in [0.1, 0.15) is 53.4 Å². The van der Waals surface area contributed by atoms with Gasteiger partial charge < -0.3 is 4.98 Å². The molecule has 2 aromatic carbocycles. The number of hydrogen-bond donors (Lipinski definition) is 2. The second-order valence-corrected chi connectivity index (χ2v) is 9.34. The molecule has 0 atom stereocenters. The fraction of sp³-hybridized carbons (Fsp3) is 0.348. The summed E-state index contributed by atoms with van der Waals surface area (Å²) >= 11 is 0. The monoisotopic (exact) mass is 410 g/mol. The molecule has 4 rings (SSSR count). The molecule has 29 heavy (non-hydrogen) atoms. The molecule has 2 N–H and O–H groups in total. The van der Waals surface area contributed by atoms with Gasteiger partial charge in [-0.15, -0.1) is 0 Å². The molecular weight excluding hydrogens is 384 g/mol. The summed E-state index contributed by atoms with van der Waals surface area (Å²) in [5, 5.41) is 0.851. The minimum atomic E-state index is -3.62. The first kappa shape index (κ1) is 19.9. The maximum Gasteiger partial charge on any atom is 0.240 e. The molecule has 3 aromatic rings. The summed E-state index contributed by atoms with van der Waals surface area (Å²) in [6.07, 6.45) is 4.38. The van der Waals surface area contributed by atoms with E-state index in [-0.39, 0.29) is 5.78 Å². The number of aryl methyl sites for hydroxylation is 3. The van der Waals surface area contributed by atoms with Gasteiger partial charge in [0.2, 0.25) is 10.0 Å². The first-order valence-electron chi connectivity index (χ1n) is 10.2. The van der Waals surface area contributed by atoms with Gasteiger partial charge in [-0.2, -0.15) is 0 Å². The van der Waals surface area contributed by atoms with Crippen LogP contribution in [-0.2, 0) is 29.3 Å². The third-order valence-electron chi connectivity index (χ3n) is 5.61. The molecule has 0 fully saturated rings. The molecule has 0 unspecified atom stereocenters. The lowest BCUT2D eigenvalue weighted by molar-refractivity contribution is 0.0974. The summed E-state index contributed by atoms with van der Waals surface area (Å²) in [6, 6.07) is 13.6. The molecule has 0 bridgehead atoms. The van der Waals surface area contributed by atoms with Crippen molar-refractivity contribution in [3.63, 3.8) is 0 Å². The van der Waals surface area contributed by atoms with Crippen LogP contribution in [0.3, 0.4) is 0 Å². The summed E-state index contributed by atoms with van der Waals surface area (Å²) in [5.41, 5.74) is 4.36. The lowest BCUT2D eigenvalue weighted by atomic mass is 9.94. The van der Waals surface area contributed by atoms with E-state index < -0.39 is 10.0 Å². The van der Waals surface area contributed by atoms with Crippen molar-refractivity contribution in [3.8, 4) is 0 Å². The summed E-state index contributed by atoms with van der Waals surface area (Å²) in [6.45, 7) is 2.33. The third kappa shape index (κ3) is 4.00. The molecule has 0 amide bonds. The number of hydrogen-bond acceptors (Lipinski definition) is 3. The van der Waals surface area contributed by atoms with Gasteiger partial charge in [-0.25, -0.2) is 13.1 Å². The number of rotatable bonds is 7. The van der Waals surface area contributed by atoms with Gasteiger partial charge in [-0.3, -0.25) is 4.79 Å². The SMILES string of the molecule is CCc1cc2c3c([nH]c2cc1S(=O)(=O)NCCCc1ccccc1)CCCC3=O. The molecule has 1 aromatic heterocycles. The van der Waals surface area contributed by atoms with E-state index in [4.69, 9.17) is 0 Å². The van der Waals surface area contributed by atoms with Crippen LogP contribution in [0.15, 0.2) is 47.4 Å². The van der Waals surface area contributed by atoms with Crippen LogP contribution in [-0.4, -0.2) is 25.7 Å². The van der Waals surface area contributed by atoms with E-state index in [0.717, 1.165) is 53.4 Å². The lowest BCUT2D eigenvalue weighted by Gasteiger charge is -2.12. The third-order valence-corrected chi connectivity index (χ3v) is 7.16. The Balaban J connectivity index is 1.57. The molecule has 6 heteroatoms. The molecule has 0 spiro atoms. The summed E-state index contributed by atoms with van der Waals surface area (Å²) in [4.78, 5) is 16.0. The van der Waals surface area contributed by atoms with Crippen molar-refractivity contribution in [1.82, 2.24) is 9.71 Å².